The van der Waals surface area contributed by atoms with Crippen molar-refractivity contribution in [2.24, 2.45) is 0 Å². The van der Waals surface area contributed by atoms with Gasteiger partial charge in [-0.2, -0.15) is 5.26 Å². The third-order valence-electron chi connectivity index (χ3n) is 6.30. The molecular formula is C31H26N4O5S. The molecule has 1 aliphatic rings. The number of carbonyl (C=O) groups excluding carboxylic acids is 2. The largest absolute Gasteiger partial charge is 0.483 e. The molecular weight excluding hydrogens is 540 g/mol. The van der Waals surface area contributed by atoms with Gasteiger partial charge in [-0.05, 0) is 36.4 Å². The zero-order valence-electron chi connectivity index (χ0n) is 22.0. The summed E-state index contributed by atoms with van der Waals surface area (Å²) >= 11 is 1.06. The maximum atomic E-state index is 13.8. The molecule has 1 aromatic heterocycles. The van der Waals surface area contributed by atoms with Gasteiger partial charge in [0.25, 0.3) is 17.4 Å². The molecule has 1 N–H and O–H groups in total. The van der Waals surface area contributed by atoms with Crippen molar-refractivity contribution in [1.82, 2.24) is 9.47 Å². The maximum absolute atomic E-state index is 13.8. The van der Waals surface area contributed by atoms with Crippen molar-refractivity contribution < 1.29 is 19.1 Å². The number of carbonyl (C=O) groups is 2. The summed E-state index contributed by atoms with van der Waals surface area (Å²) < 4.78 is 13.1. The van der Waals surface area contributed by atoms with E-state index in [-0.39, 0.29) is 28.3 Å². The van der Waals surface area contributed by atoms with Gasteiger partial charge in [0.15, 0.2) is 12.2 Å². The summed E-state index contributed by atoms with van der Waals surface area (Å²) in [5.74, 6) is -0.364. The first kappa shape index (κ1) is 27.6. The number of nitrogens with one attached hydrogen (secondary N) is 1. The third kappa shape index (κ3) is 6.44. The summed E-state index contributed by atoms with van der Waals surface area (Å²) in [6.07, 6.45) is 1.65. The first-order valence-corrected chi connectivity index (χ1v) is 13.7. The van der Waals surface area contributed by atoms with E-state index in [4.69, 9.17) is 9.47 Å². The van der Waals surface area contributed by atoms with Crippen molar-refractivity contribution in [2.75, 3.05) is 38.2 Å². The van der Waals surface area contributed by atoms with E-state index in [9.17, 15) is 19.6 Å². The molecule has 2 heterocycles. The van der Waals surface area contributed by atoms with Crippen molar-refractivity contribution in [3.63, 3.8) is 0 Å². The summed E-state index contributed by atoms with van der Waals surface area (Å²) in [4.78, 5) is 41.1. The van der Waals surface area contributed by atoms with E-state index in [2.05, 4.69) is 5.32 Å². The number of nitriles is 1. The summed E-state index contributed by atoms with van der Waals surface area (Å²) in [6, 6.07) is 27.0. The summed E-state index contributed by atoms with van der Waals surface area (Å²) in [6.45, 7) is 1.28. The lowest BCUT2D eigenvalue weighted by Crippen LogP contribution is -2.42. The monoisotopic (exact) mass is 566 g/mol. The Morgan fingerprint density at radius 2 is 1.63 bits per heavy atom. The van der Waals surface area contributed by atoms with E-state index in [1.54, 1.807) is 71.6 Å². The Bertz CT molecular complexity index is 1770. The lowest BCUT2D eigenvalue weighted by atomic mass is 10.2. The molecule has 10 heteroatoms. The Labute approximate surface area is 239 Å². The highest BCUT2D eigenvalue weighted by molar-refractivity contribution is 7.07. The van der Waals surface area contributed by atoms with Gasteiger partial charge in [-0.15, -0.1) is 11.3 Å². The standard InChI is InChI=1S/C31H26N4O5S/c32-20-25(29(37)34-15-17-39-18-16-34)31-35(24-12-5-2-6-13-24)30(38)27(41-31)19-22-9-7-8-14-26(22)40-21-28(36)33-23-10-3-1-4-11-23/h1-14,19H,15-18,21H2,(H,33,36). The number of aromatic nitrogens is 1. The molecule has 4 aromatic rings. The van der Waals surface area contributed by atoms with Gasteiger partial charge in [-0.1, -0.05) is 54.6 Å². The topological polar surface area (TPSA) is 114 Å². The second kappa shape index (κ2) is 12.9. The zero-order chi connectivity index (χ0) is 28.6. The molecule has 0 saturated carbocycles. The molecule has 0 aliphatic carbocycles. The highest BCUT2D eigenvalue weighted by atomic mass is 32.1. The van der Waals surface area contributed by atoms with Crippen molar-refractivity contribution in [3.8, 4) is 17.5 Å². The van der Waals surface area contributed by atoms with Gasteiger partial charge in [0.05, 0.1) is 23.4 Å². The minimum absolute atomic E-state index is 0.111. The van der Waals surface area contributed by atoms with Crippen LogP contribution >= 0.6 is 11.3 Å². The molecule has 3 aromatic carbocycles. The van der Waals surface area contributed by atoms with Crippen molar-refractivity contribution in [2.45, 2.75) is 0 Å². The van der Waals surface area contributed by atoms with Crippen LogP contribution in [0.1, 0.15) is 5.56 Å². The second-order valence-corrected chi connectivity index (χ2v) is 10.1. The Morgan fingerprint density at radius 1 is 0.976 bits per heavy atom. The maximum Gasteiger partial charge on any atom is 0.273 e. The SMILES string of the molecule is N#CC(C(=O)N1CCOCC1)=c1sc(=Cc2ccccc2OCC(=O)Nc2ccccc2)c(=O)n1-c1ccccc1. The molecule has 41 heavy (non-hydrogen) atoms. The smallest absolute Gasteiger partial charge is 0.273 e. The van der Waals surface area contributed by atoms with Crippen LogP contribution < -0.4 is 24.8 Å². The Morgan fingerprint density at radius 3 is 2.34 bits per heavy atom. The normalized spacial score (nSPS) is 14.2. The van der Waals surface area contributed by atoms with Crippen LogP contribution in [-0.4, -0.2) is 54.2 Å². The summed E-state index contributed by atoms with van der Waals surface area (Å²) in [7, 11) is 0. The number of benzene rings is 3. The molecule has 206 valence electrons. The molecule has 9 nitrogen and oxygen atoms in total. The lowest BCUT2D eigenvalue weighted by Gasteiger charge is -2.26. The minimum Gasteiger partial charge on any atom is -0.483 e. The van der Waals surface area contributed by atoms with Crippen molar-refractivity contribution in [1.29, 1.82) is 5.26 Å². The fraction of sp³-hybridized carbons (Fsp3) is 0.161. The molecule has 0 bridgehead atoms. The zero-order valence-corrected chi connectivity index (χ0v) is 22.8. The Hall–Kier alpha value is -4.98. The summed E-state index contributed by atoms with van der Waals surface area (Å²) in [5, 5.41) is 12.8. The van der Waals surface area contributed by atoms with E-state index in [1.165, 1.54) is 4.57 Å². The molecule has 0 atom stereocenters. The van der Waals surface area contributed by atoms with Gasteiger partial charge in [0, 0.05) is 24.3 Å². The van der Waals surface area contributed by atoms with Crippen LogP contribution in [0.25, 0.3) is 17.3 Å². The van der Waals surface area contributed by atoms with Gasteiger partial charge in [0.1, 0.15) is 16.5 Å². The van der Waals surface area contributed by atoms with E-state index >= 15 is 0 Å². The number of amides is 2. The fourth-order valence-corrected chi connectivity index (χ4v) is 5.39. The average Bonchev–Trinajstić information content (AvgIpc) is 3.33. The van der Waals surface area contributed by atoms with Crippen LogP contribution in [-0.2, 0) is 14.3 Å². The van der Waals surface area contributed by atoms with Crippen LogP contribution in [0.3, 0.4) is 0 Å². The molecule has 0 spiro atoms. The van der Waals surface area contributed by atoms with Gasteiger partial charge in [-0.3, -0.25) is 19.0 Å². The van der Waals surface area contributed by atoms with Gasteiger partial charge < -0.3 is 19.7 Å². The van der Waals surface area contributed by atoms with E-state index < -0.39 is 5.91 Å². The first-order valence-electron chi connectivity index (χ1n) is 12.9. The molecule has 1 aliphatic heterocycles. The van der Waals surface area contributed by atoms with Crippen LogP contribution in [0, 0.1) is 11.3 Å². The highest BCUT2D eigenvalue weighted by Crippen LogP contribution is 2.19. The first-order chi connectivity index (χ1) is 20.0. The number of morpholine rings is 1. The Balaban J connectivity index is 1.55. The fourth-order valence-electron chi connectivity index (χ4n) is 4.31. The van der Waals surface area contributed by atoms with E-state index in [1.807, 2.05) is 30.3 Å². The molecule has 1 fully saturated rings. The van der Waals surface area contributed by atoms with E-state index in [0.717, 1.165) is 11.3 Å². The van der Waals surface area contributed by atoms with Crippen LogP contribution in [0.15, 0.2) is 89.7 Å². The van der Waals surface area contributed by atoms with Crippen molar-refractivity contribution >= 4 is 40.5 Å². The van der Waals surface area contributed by atoms with Gasteiger partial charge in [0.2, 0.25) is 0 Å². The van der Waals surface area contributed by atoms with Crippen LogP contribution in [0.4, 0.5) is 5.69 Å². The number of rotatable bonds is 7. The number of nitrogens with zero attached hydrogens (tertiary/aromatic N) is 3. The van der Waals surface area contributed by atoms with Gasteiger partial charge in [-0.25, -0.2) is 0 Å². The number of hydrogen-bond donors (Lipinski definition) is 1. The average molecular weight is 567 g/mol. The molecule has 2 amide bonds. The number of ether oxygens (including phenoxy) is 2. The lowest BCUT2D eigenvalue weighted by molar-refractivity contribution is -0.128. The van der Waals surface area contributed by atoms with Gasteiger partial charge >= 0.3 is 0 Å². The second-order valence-electron chi connectivity index (χ2n) is 9.02. The number of hydrogen-bond acceptors (Lipinski definition) is 7. The molecule has 5 rings (SSSR count). The number of thiazole rings is 1. The quantitative estimate of drug-likeness (QED) is 0.367. The number of anilines is 1. The molecule has 1 saturated heterocycles. The highest BCUT2D eigenvalue weighted by Gasteiger charge is 2.24. The summed E-state index contributed by atoms with van der Waals surface area (Å²) in [5.41, 5.74) is 1.27. The van der Waals surface area contributed by atoms with Crippen molar-refractivity contribution in [3.05, 3.63) is 110 Å². The minimum atomic E-state index is -0.443. The number of para-hydroxylation sites is 3. The van der Waals surface area contributed by atoms with E-state index in [0.29, 0.717) is 53.5 Å². The predicted molar refractivity (Wildman–Crippen MR) is 156 cm³/mol. The van der Waals surface area contributed by atoms with Crippen LogP contribution in [0.2, 0.25) is 0 Å². The Kier molecular flexibility index (Phi) is 8.69. The molecule has 0 radical (unpaired) electrons. The van der Waals surface area contributed by atoms with Crippen LogP contribution in [0.5, 0.6) is 5.75 Å². The molecule has 0 unspecified atom stereocenters. The third-order valence-corrected chi connectivity index (χ3v) is 7.39. The predicted octanol–water partition coefficient (Wildman–Crippen LogP) is 2.28.